The summed E-state index contributed by atoms with van der Waals surface area (Å²) in [4.78, 5) is 0. The van der Waals surface area contributed by atoms with E-state index in [-0.39, 0.29) is 9.41 Å². The third kappa shape index (κ3) is 3.99. The average molecular weight is 590 g/mol. The third-order valence-corrected chi connectivity index (χ3v) is 12.5. The SMILES string of the molecule is C1=C(n2ccc3ccccc32)[CH]([Zr+2][CH]2C(n3ccc4ccccc43)=Cc3ccccc32)c2ccccc21.[F-].[F-]. The van der Waals surface area contributed by atoms with Crippen LogP contribution in [0.5, 0.6) is 0 Å². The van der Waals surface area contributed by atoms with Crippen LogP contribution in [0.15, 0.2) is 122 Å². The van der Waals surface area contributed by atoms with E-state index in [9.17, 15) is 0 Å². The Kier molecular flexibility index (Phi) is 6.56. The molecule has 2 unspecified atom stereocenters. The van der Waals surface area contributed by atoms with Crippen LogP contribution in [0.2, 0.25) is 0 Å². The number of hydrogen-bond acceptors (Lipinski definition) is 0. The van der Waals surface area contributed by atoms with E-state index in [0.29, 0.717) is 7.25 Å². The van der Waals surface area contributed by atoms with Gasteiger partial charge in [0, 0.05) is 0 Å². The number of fused-ring (bicyclic) bond motifs is 4. The molecule has 0 spiro atoms. The van der Waals surface area contributed by atoms with Crippen molar-refractivity contribution < 1.29 is 32.6 Å². The number of rotatable bonds is 4. The van der Waals surface area contributed by atoms with Gasteiger partial charge in [0.25, 0.3) is 0 Å². The van der Waals surface area contributed by atoms with Crippen molar-refractivity contribution in [1.29, 1.82) is 0 Å². The van der Waals surface area contributed by atoms with Crippen molar-refractivity contribution >= 4 is 45.4 Å². The monoisotopic (exact) mass is 588 g/mol. The van der Waals surface area contributed by atoms with Crippen molar-refractivity contribution in [3.05, 3.63) is 144 Å². The summed E-state index contributed by atoms with van der Waals surface area (Å²) in [5, 5.41) is 2.60. The standard InChI is InChI=1S/2C17H12N.2FH.Zr/c2*1-2-7-15-12-16(11-14(15)6-1)18-10-9-13-5-3-4-8-17(13)18;;;/h2*1-12H;2*1H;/q;;;;+2/p-2. The van der Waals surface area contributed by atoms with Crippen molar-refractivity contribution in [2.45, 2.75) is 7.25 Å². The van der Waals surface area contributed by atoms with Crippen molar-refractivity contribution in [3.8, 4) is 0 Å². The Balaban J connectivity index is 0.00000138. The topological polar surface area (TPSA) is 9.86 Å². The molecule has 0 saturated heterocycles. The zero-order chi connectivity index (χ0) is 24.3. The van der Waals surface area contributed by atoms with E-state index >= 15 is 0 Å². The fraction of sp³-hybridized carbons (Fsp3) is 0.0588. The van der Waals surface area contributed by atoms with Crippen LogP contribution in [-0.2, 0) is 23.2 Å². The number of halogens is 2. The summed E-state index contributed by atoms with van der Waals surface area (Å²) in [5.74, 6) is 0. The summed E-state index contributed by atoms with van der Waals surface area (Å²) in [6, 6.07) is 40.1. The van der Waals surface area contributed by atoms with Crippen molar-refractivity contribution in [2.24, 2.45) is 0 Å². The van der Waals surface area contributed by atoms with Gasteiger partial charge < -0.3 is 9.41 Å². The maximum Gasteiger partial charge on any atom is -1.00 e. The maximum absolute atomic E-state index is 2.45. The van der Waals surface area contributed by atoms with Gasteiger partial charge in [0.05, 0.1) is 0 Å². The first kappa shape index (κ1) is 25.5. The minimum Gasteiger partial charge on any atom is -1.00 e. The zero-order valence-electron chi connectivity index (χ0n) is 21.0. The first-order chi connectivity index (χ1) is 18.3. The van der Waals surface area contributed by atoms with Gasteiger partial charge in [-0.3, -0.25) is 0 Å². The third-order valence-electron chi connectivity index (χ3n) is 7.90. The normalized spacial score (nSPS) is 17.0. The summed E-state index contributed by atoms with van der Waals surface area (Å²) < 4.78 is 5.85. The average Bonchev–Trinajstić information content (AvgIpc) is 3.72. The maximum atomic E-state index is 2.45. The van der Waals surface area contributed by atoms with Crippen LogP contribution < -0.4 is 9.41 Å². The fourth-order valence-corrected chi connectivity index (χ4v) is 11.1. The number of allylic oxidation sites excluding steroid dienone is 2. The molecule has 0 aliphatic heterocycles. The van der Waals surface area contributed by atoms with Gasteiger partial charge in [-0.1, -0.05) is 0 Å². The van der Waals surface area contributed by atoms with E-state index in [4.69, 9.17) is 0 Å². The first-order valence-corrected chi connectivity index (χ1v) is 15.7. The van der Waals surface area contributed by atoms with Gasteiger partial charge in [0.1, 0.15) is 0 Å². The summed E-state index contributed by atoms with van der Waals surface area (Å²) in [5.41, 5.74) is 11.2. The second-order valence-electron chi connectivity index (χ2n) is 9.92. The van der Waals surface area contributed by atoms with Crippen LogP contribution >= 0.6 is 0 Å². The Labute approximate surface area is 237 Å². The van der Waals surface area contributed by atoms with Crippen LogP contribution in [0.3, 0.4) is 0 Å². The molecule has 188 valence electrons. The largest absolute Gasteiger partial charge is 1.00 e. The molecule has 2 atom stereocenters. The molecule has 0 radical (unpaired) electrons. The number of aromatic nitrogens is 2. The summed E-state index contributed by atoms with van der Waals surface area (Å²) in [6.07, 6.45) is 9.44. The van der Waals surface area contributed by atoms with Gasteiger partial charge >= 0.3 is 229 Å². The molecular formula is C34H24F2N2Zr. The fourth-order valence-electron chi connectivity index (χ4n) is 6.16. The van der Waals surface area contributed by atoms with Gasteiger partial charge in [-0.05, 0) is 0 Å². The quantitative estimate of drug-likeness (QED) is 0.299. The Morgan fingerprint density at radius 3 is 1.36 bits per heavy atom. The van der Waals surface area contributed by atoms with E-state index in [0.717, 1.165) is 0 Å². The van der Waals surface area contributed by atoms with Crippen LogP contribution in [0, 0.1) is 0 Å². The van der Waals surface area contributed by atoms with Crippen LogP contribution in [0.1, 0.15) is 29.5 Å². The zero-order valence-corrected chi connectivity index (χ0v) is 23.5. The number of benzene rings is 4. The van der Waals surface area contributed by atoms with Gasteiger partial charge in [-0.15, -0.1) is 0 Å². The predicted molar refractivity (Wildman–Crippen MR) is 151 cm³/mol. The van der Waals surface area contributed by atoms with Crippen LogP contribution in [-0.4, -0.2) is 9.13 Å². The molecule has 6 aromatic rings. The molecule has 5 heteroatoms. The minimum atomic E-state index is -1.09. The molecule has 0 amide bonds. The molecule has 2 nitrogen and oxygen atoms in total. The smallest absolute Gasteiger partial charge is 1.00 e. The molecule has 8 rings (SSSR count). The van der Waals surface area contributed by atoms with Crippen LogP contribution in [0.4, 0.5) is 0 Å². The second kappa shape index (κ2) is 10.1. The predicted octanol–water partition coefficient (Wildman–Crippen LogP) is 2.49. The molecule has 2 heterocycles. The van der Waals surface area contributed by atoms with E-state index in [1.54, 1.807) is 0 Å². The van der Waals surface area contributed by atoms with Gasteiger partial charge in [-0.25, -0.2) is 0 Å². The molecule has 0 N–H and O–H groups in total. The Bertz CT molecular complexity index is 1760. The summed E-state index contributed by atoms with van der Waals surface area (Å²) in [6.45, 7) is 0. The molecule has 2 aromatic heterocycles. The molecule has 0 bridgehead atoms. The van der Waals surface area contributed by atoms with Crippen molar-refractivity contribution in [1.82, 2.24) is 9.13 Å². The summed E-state index contributed by atoms with van der Waals surface area (Å²) >= 11 is -1.09. The molecule has 0 fully saturated rings. The molecule has 0 saturated carbocycles. The Morgan fingerprint density at radius 1 is 0.462 bits per heavy atom. The second-order valence-corrected chi connectivity index (χ2v) is 13.6. The number of hydrogen-bond donors (Lipinski definition) is 0. The minimum absolute atomic E-state index is 0. The van der Waals surface area contributed by atoms with E-state index < -0.39 is 23.2 Å². The van der Waals surface area contributed by atoms with Gasteiger partial charge in [0.15, 0.2) is 0 Å². The van der Waals surface area contributed by atoms with Crippen LogP contribution in [0.25, 0.3) is 45.4 Å². The van der Waals surface area contributed by atoms with Crippen molar-refractivity contribution in [3.63, 3.8) is 0 Å². The Hall–Kier alpha value is -3.82. The van der Waals surface area contributed by atoms with E-state index in [2.05, 4.69) is 143 Å². The molecule has 4 aromatic carbocycles. The van der Waals surface area contributed by atoms with Gasteiger partial charge in [-0.2, -0.15) is 0 Å². The van der Waals surface area contributed by atoms with Crippen molar-refractivity contribution in [2.75, 3.05) is 0 Å². The first-order valence-electron chi connectivity index (χ1n) is 12.9. The van der Waals surface area contributed by atoms with E-state index in [1.165, 1.54) is 55.5 Å². The molecule has 2 aliphatic rings. The molecule has 39 heavy (non-hydrogen) atoms. The number of nitrogens with zero attached hydrogens (tertiary/aromatic N) is 2. The van der Waals surface area contributed by atoms with Gasteiger partial charge in [0.2, 0.25) is 0 Å². The summed E-state index contributed by atoms with van der Waals surface area (Å²) in [7, 11) is 0. The molecule has 2 aliphatic carbocycles. The molecular weight excluding hydrogens is 566 g/mol. The van der Waals surface area contributed by atoms with E-state index in [1.807, 2.05) is 0 Å². The Morgan fingerprint density at radius 2 is 0.872 bits per heavy atom. The number of para-hydroxylation sites is 2.